The first-order valence-corrected chi connectivity index (χ1v) is 6.81. The smallest absolute Gasteiger partial charge is 0.131 e. The molecule has 106 valence electrons. The summed E-state index contributed by atoms with van der Waals surface area (Å²) in [6.07, 6.45) is 3.52. The van der Waals surface area contributed by atoms with Gasteiger partial charge in [0.2, 0.25) is 0 Å². The Hall–Kier alpha value is -2.46. The molecule has 0 saturated carbocycles. The van der Waals surface area contributed by atoms with Crippen molar-refractivity contribution >= 4 is 0 Å². The number of aromatic nitrogens is 2. The number of benzene rings is 2. The summed E-state index contributed by atoms with van der Waals surface area (Å²) in [6, 6.07) is 15.1. The third-order valence-electron chi connectivity index (χ3n) is 3.33. The lowest BCUT2D eigenvalue weighted by molar-refractivity contribution is 0.627. The third-order valence-corrected chi connectivity index (χ3v) is 3.33. The molecule has 4 heteroatoms. The van der Waals surface area contributed by atoms with Crippen LogP contribution in [0.2, 0.25) is 0 Å². The summed E-state index contributed by atoms with van der Waals surface area (Å²) in [5.74, 6) is -0.227. The van der Waals surface area contributed by atoms with Gasteiger partial charge in [-0.15, -0.1) is 0 Å². The van der Waals surface area contributed by atoms with Gasteiger partial charge in [-0.3, -0.25) is 0 Å². The number of nitrogens with zero attached hydrogens (tertiary/aromatic N) is 2. The van der Waals surface area contributed by atoms with Crippen LogP contribution in [0.4, 0.5) is 4.39 Å². The molecule has 0 aliphatic heterocycles. The Kier molecular flexibility index (Phi) is 3.79. The quantitative estimate of drug-likeness (QED) is 0.794. The molecule has 1 heterocycles. The molecule has 0 amide bonds. The summed E-state index contributed by atoms with van der Waals surface area (Å²) in [6.45, 7) is 0.653. The van der Waals surface area contributed by atoms with Crippen LogP contribution in [-0.2, 0) is 6.54 Å². The van der Waals surface area contributed by atoms with E-state index in [1.54, 1.807) is 23.0 Å². The topological polar surface area (TPSA) is 29.9 Å². The van der Waals surface area contributed by atoms with E-state index in [-0.39, 0.29) is 5.82 Å². The molecular weight excluding hydrogens is 265 g/mol. The van der Waals surface area contributed by atoms with Gasteiger partial charge in [-0.05, 0) is 30.8 Å². The summed E-state index contributed by atoms with van der Waals surface area (Å²) in [5.41, 5.74) is 3.22. The molecule has 0 aliphatic rings. The van der Waals surface area contributed by atoms with Crippen LogP contribution >= 0.6 is 0 Å². The fourth-order valence-corrected chi connectivity index (χ4v) is 2.29. The van der Waals surface area contributed by atoms with Crippen LogP contribution in [0, 0.1) is 5.82 Å². The lowest BCUT2D eigenvalue weighted by Crippen LogP contribution is -2.05. The molecule has 1 N–H and O–H groups in total. The van der Waals surface area contributed by atoms with Gasteiger partial charge in [0, 0.05) is 23.9 Å². The second kappa shape index (κ2) is 5.89. The number of para-hydroxylation sites is 1. The number of rotatable bonds is 4. The lowest BCUT2D eigenvalue weighted by atomic mass is 10.1. The van der Waals surface area contributed by atoms with Gasteiger partial charge in [-0.2, -0.15) is 5.10 Å². The van der Waals surface area contributed by atoms with Crippen LogP contribution in [0.5, 0.6) is 0 Å². The monoisotopic (exact) mass is 281 g/mol. The Morgan fingerprint density at radius 3 is 2.67 bits per heavy atom. The van der Waals surface area contributed by atoms with E-state index in [1.807, 2.05) is 49.6 Å². The van der Waals surface area contributed by atoms with E-state index in [1.165, 1.54) is 0 Å². The molecule has 0 spiro atoms. The van der Waals surface area contributed by atoms with E-state index in [2.05, 4.69) is 10.4 Å². The summed E-state index contributed by atoms with van der Waals surface area (Å²) in [4.78, 5) is 0. The minimum atomic E-state index is -0.227. The van der Waals surface area contributed by atoms with Crippen molar-refractivity contribution in [1.29, 1.82) is 0 Å². The van der Waals surface area contributed by atoms with E-state index in [9.17, 15) is 4.39 Å². The SMILES string of the molecule is CNCc1ccc(-c2cnn(-c3ccccc3)c2)c(F)c1. The Morgan fingerprint density at radius 2 is 1.95 bits per heavy atom. The zero-order chi connectivity index (χ0) is 14.7. The van der Waals surface area contributed by atoms with E-state index in [4.69, 9.17) is 0 Å². The van der Waals surface area contributed by atoms with Crippen LogP contribution in [0.1, 0.15) is 5.56 Å². The highest BCUT2D eigenvalue weighted by molar-refractivity contribution is 5.63. The molecule has 0 fully saturated rings. The highest BCUT2D eigenvalue weighted by Crippen LogP contribution is 2.24. The largest absolute Gasteiger partial charge is 0.316 e. The second-order valence-electron chi connectivity index (χ2n) is 4.85. The first-order valence-electron chi connectivity index (χ1n) is 6.81. The maximum atomic E-state index is 14.2. The average molecular weight is 281 g/mol. The van der Waals surface area contributed by atoms with Gasteiger partial charge < -0.3 is 5.32 Å². The van der Waals surface area contributed by atoms with Crippen LogP contribution in [0.15, 0.2) is 60.9 Å². The first-order chi connectivity index (χ1) is 10.3. The predicted molar refractivity (Wildman–Crippen MR) is 81.7 cm³/mol. The van der Waals surface area contributed by atoms with Crippen LogP contribution in [0.3, 0.4) is 0 Å². The van der Waals surface area contributed by atoms with Gasteiger partial charge in [0.05, 0.1) is 11.9 Å². The Bertz CT molecular complexity index is 735. The van der Waals surface area contributed by atoms with Crippen molar-refractivity contribution in [2.45, 2.75) is 6.54 Å². The molecule has 0 aliphatic carbocycles. The zero-order valence-corrected chi connectivity index (χ0v) is 11.8. The van der Waals surface area contributed by atoms with Crippen LogP contribution < -0.4 is 5.32 Å². The molecule has 3 rings (SSSR count). The number of hydrogen-bond acceptors (Lipinski definition) is 2. The number of halogens is 1. The third kappa shape index (κ3) is 2.85. The van der Waals surface area contributed by atoms with Gasteiger partial charge >= 0.3 is 0 Å². The van der Waals surface area contributed by atoms with E-state index in [0.29, 0.717) is 12.1 Å². The standard InChI is InChI=1S/C17H16FN3/c1-19-10-13-7-8-16(17(18)9-13)14-11-20-21(12-14)15-5-3-2-4-6-15/h2-9,11-12,19H,10H2,1H3. The lowest BCUT2D eigenvalue weighted by Gasteiger charge is -2.04. The summed E-state index contributed by atoms with van der Waals surface area (Å²) in [7, 11) is 1.84. The first kappa shape index (κ1) is 13.5. The molecule has 2 aromatic carbocycles. The molecule has 0 saturated heterocycles. The van der Waals surface area contributed by atoms with Gasteiger partial charge in [0.15, 0.2) is 0 Å². The molecule has 0 unspecified atom stereocenters. The predicted octanol–water partition coefficient (Wildman–Crippen LogP) is 3.40. The molecule has 1 aromatic heterocycles. The minimum absolute atomic E-state index is 0.227. The zero-order valence-electron chi connectivity index (χ0n) is 11.8. The van der Waals surface area contributed by atoms with Crippen LogP contribution in [-0.4, -0.2) is 16.8 Å². The van der Waals surface area contributed by atoms with Crippen molar-refractivity contribution < 1.29 is 4.39 Å². The molecule has 3 aromatic rings. The summed E-state index contributed by atoms with van der Waals surface area (Å²) < 4.78 is 16.0. The fourth-order valence-electron chi connectivity index (χ4n) is 2.29. The van der Waals surface area contributed by atoms with Crippen molar-refractivity contribution in [3.8, 4) is 16.8 Å². The molecule has 0 atom stereocenters. The second-order valence-corrected chi connectivity index (χ2v) is 4.85. The van der Waals surface area contributed by atoms with Gasteiger partial charge in [0.25, 0.3) is 0 Å². The minimum Gasteiger partial charge on any atom is -0.316 e. The Morgan fingerprint density at radius 1 is 1.14 bits per heavy atom. The van der Waals surface area contributed by atoms with E-state index in [0.717, 1.165) is 16.8 Å². The molecule has 0 bridgehead atoms. The maximum absolute atomic E-state index is 14.2. The van der Waals surface area contributed by atoms with Crippen LogP contribution in [0.25, 0.3) is 16.8 Å². The van der Waals surface area contributed by atoms with Gasteiger partial charge in [-0.1, -0.05) is 30.3 Å². The Balaban J connectivity index is 1.93. The van der Waals surface area contributed by atoms with E-state index < -0.39 is 0 Å². The summed E-state index contributed by atoms with van der Waals surface area (Å²) >= 11 is 0. The molecule has 21 heavy (non-hydrogen) atoms. The normalized spacial score (nSPS) is 10.8. The maximum Gasteiger partial charge on any atom is 0.131 e. The van der Waals surface area contributed by atoms with Crippen molar-refractivity contribution in [3.63, 3.8) is 0 Å². The van der Waals surface area contributed by atoms with Crippen molar-refractivity contribution in [2.75, 3.05) is 7.05 Å². The van der Waals surface area contributed by atoms with Crippen molar-refractivity contribution in [1.82, 2.24) is 15.1 Å². The van der Waals surface area contributed by atoms with Crippen molar-refractivity contribution in [3.05, 3.63) is 72.3 Å². The summed E-state index contributed by atoms with van der Waals surface area (Å²) in [5, 5.41) is 7.31. The highest BCUT2D eigenvalue weighted by atomic mass is 19.1. The average Bonchev–Trinajstić information content (AvgIpc) is 2.98. The molecule has 3 nitrogen and oxygen atoms in total. The number of nitrogens with one attached hydrogen (secondary N) is 1. The van der Waals surface area contributed by atoms with Gasteiger partial charge in [-0.25, -0.2) is 9.07 Å². The number of hydrogen-bond donors (Lipinski definition) is 1. The van der Waals surface area contributed by atoms with Crippen molar-refractivity contribution in [2.24, 2.45) is 0 Å². The molecular formula is C17H16FN3. The van der Waals surface area contributed by atoms with E-state index >= 15 is 0 Å². The van der Waals surface area contributed by atoms with Gasteiger partial charge in [0.1, 0.15) is 5.82 Å². The Labute approximate surface area is 123 Å². The highest BCUT2D eigenvalue weighted by Gasteiger charge is 2.09. The molecule has 0 radical (unpaired) electrons. The fraction of sp³-hybridized carbons (Fsp3) is 0.118.